The number of nitrogens with one attached hydrogen (secondary N) is 3. The fourth-order valence-electron chi connectivity index (χ4n) is 5.51. The number of carbonyl (C=O) groups is 2. The van der Waals surface area contributed by atoms with Crippen LogP contribution in [0.15, 0.2) is 30.3 Å². The Morgan fingerprint density at radius 1 is 0.950 bits per heavy atom. The van der Waals surface area contributed by atoms with E-state index in [4.69, 9.17) is 4.84 Å². The number of aliphatic hydroxyl groups is 1. The maximum Gasteiger partial charge on any atom is 0.224 e. The summed E-state index contributed by atoms with van der Waals surface area (Å²) in [6.45, 7) is 11.5. The van der Waals surface area contributed by atoms with Crippen LogP contribution in [0.1, 0.15) is 111 Å². The molecule has 2 amide bonds. The topological polar surface area (TPSA) is 99.7 Å². The molecule has 1 aromatic rings. The van der Waals surface area contributed by atoms with Gasteiger partial charge in [0.25, 0.3) is 0 Å². The third kappa shape index (κ3) is 15.2. The Morgan fingerprint density at radius 2 is 1.60 bits per heavy atom. The largest absolute Gasteiger partial charge is 0.391 e. The molecule has 7 nitrogen and oxygen atoms in total. The van der Waals surface area contributed by atoms with E-state index < -0.39 is 6.10 Å². The van der Waals surface area contributed by atoms with Crippen LogP contribution in [0.4, 0.5) is 0 Å². The van der Waals surface area contributed by atoms with Gasteiger partial charge in [-0.05, 0) is 76.7 Å². The minimum absolute atomic E-state index is 0.0251. The first-order valence-corrected chi connectivity index (χ1v) is 15.7. The molecule has 0 aliphatic heterocycles. The van der Waals surface area contributed by atoms with Crippen LogP contribution in [0.2, 0.25) is 0 Å². The van der Waals surface area contributed by atoms with Gasteiger partial charge in [-0.3, -0.25) is 14.4 Å². The first-order chi connectivity index (χ1) is 19.0. The molecule has 1 saturated carbocycles. The molecule has 0 radical (unpaired) electrons. The first-order valence-electron chi connectivity index (χ1n) is 15.7. The molecule has 1 aliphatic rings. The Kier molecular flexibility index (Phi) is 15.8. The fraction of sp³-hybridized carbons (Fsp3) is 0.758. The van der Waals surface area contributed by atoms with Gasteiger partial charge in [0.15, 0.2) is 0 Å². The lowest BCUT2D eigenvalue weighted by molar-refractivity contribution is -0.129. The Hall–Kier alpha value is -1.96. The number of amides is 2. The van der Waals surface area contributed by atoms with E-state index in [0.29, 0.717) is 37.8 Å². The van der Waals surface area contributed by atoms with Crippen molar-refractivity contribution in [1.29, 1.82) is 0 Å². The van der Waals surface area contributed by atoms with Crippen molar-refractivity contribution < 1.29 is 19.5 Å². The van der Waals surface area contributed by atoms with Crippen molar-refractivity contribution in [3.8, 4) is 0 Å². The van der Waals surface area contributed by atoms with Crippen LogP contribution in [0, 0.1) is 17.8 Å². The maximum absolute atomic E-state index is 13.2. The summed E-state index contributed by atoms with van der Waals surface area (Å²) < 4.78 is 0. The number of hydrogen-bond donors (Lipinski definition) is 4. The summed E-state index contributed by atoms with van der Waals surface area (Å²) in [6.07, 6.45) is 10.7. The second kappa shape index (κ2) is 18.5. The smallest absolute Gasteiger partial charge is 0.224 e. The van der Waals surface area contributed by atoms with Crippen LogP contribution in [-0.2, 0) is 20.8 Å². The van der Waals surface area contributed by atoms with E-state index in [-0.39, 0.29) is 29.4 Å². The van der Waals surface area contributed by atoms with Crippen molar-refractivity contribution in [2.75, 3.05) is 13.1 Å². The molecule has 0 spiro atoms. The maximum atomic E-state index is 13.2. The number of aliphatic hydroxyl groups excluding tert-OH is 1. The average molecular weight is 560 g/mol. The lowest BCUT2D eigenvalue weighted by Gasteiger charge is -2.33. The molecular formula is C33H57N3O4. The molecule has 2 rings (SSSR count). The molecule has 1 fully saturated rings. The van der Waals surface area contributed by atoms with Crippen molar-refractivity contribution in [3.05, 3.63) is 35.9 Å². The molecule has 228 valence electrons. The summed E-state index contributed by atoms with van der Waals surface area (Å²) in [5.74, 6) is 0.774. The second-order valence-electron chi connectivity index (χ2n) is 13.2. The Balaban J connectivity index is 1.76. The Labute approximate surface area is 243 Å². The van der Waals surface area contributed by atoms with E-state index in [1.807, 2.05) is 51.1 Å². The molecular weight excluding hydrogens is 502 g/mol. The standard InChI is InChI=1S/C33H57N3O4/c1-25(2)21-28(24-30(37)29(36-40-33(3,4)5)22-26-15-9-6-10-16-26)32(39)35-20-14-8-13-19-34-31(38)23-27-17-11-7-12-18-27/h7,11-12,17-18,25-26,28-30,36-37H,6,8-10,13-16,19-24H2,1-5H3,(H,34,38)(H,35,39)/t28-,29+,30+/m1/s1. The van der Waals surface area contributed by atoms with Crippen molar-refractivity contribution in [3.63, 3.8) is 0 Å². The fourth-order valence-corrected chi connectivity index (χ4v) is 5.51. The summed E-state index contributed by atoms with van der Waals surface area (Å²) >= 11 is 0. The van der Waals surface area contributed by atoms with Crippen molar-refractivity contribution in [2.24, 2.45) is 17.8 Å². The van der Waals surface area contributed by atoms with Crippen LogP contribution in [0.25, 0.3) is 0 Å². The van der Waals surface area contributed by atoms with Gasteiger partial charge < -0.3 is 15.7 Å². The van der Waals surface area contributed by atoms with Crippen molar-refractivity contribution in [1.82, 2.24) is 16.1 Å². The predicted octanol–water partition coefficient (Wildman–Crippen LogP) is 5.70. The highest BCUT2D eigenvalue weighted by Crippen LogP contribution is 2.30. The van der Waals surface area contributed by atoms with Crippen LogP contribution in [0.3, 0.4) is 0 Å². The monoisotopic (exact) mass is 559 g/mol. The van der Waals surface area contributed by atoms with Gasteiger partial charge in [-0.15, -0.1) is 0 Å². The molecule has 4 N–H and O–H groups in total. The SMILES string of the molecule is CC(C)C[C@H](C[C@H](O)[C@H](CC1CCCCC1)NOC(C)(C)C)C(=O)NCCCCCNC(=O)Cc1ccccc1. The molecule has 3 atom stereocenters. The summed E-state index contributed by atoms with van der Waals surface area (Å²) in [6, 6.07) is 9.56. The number of rotatable bonds is 18. The van der Waals surface area contributed by atoms with Crippen molar-refractivity contribution >= 4 is 11.8 Å². The van der Waals surface area contributed by atoms with Crippen LogP contribution in [-0.4, -0.2) is 47.8 Å². The zero-order valence-electron chi connectivity index (χ0n) is 25.8. The highest BCUT2D eigenvalue weighted by Gasteiger charge is 2.31. The van der Waals surface area contributed by atoms with Gasteiger partial charge in [-0.2, -0.15) is 5.48 Å². The molecule has 40 heavy (non-hydrogen) atoms. The molecule has 1 aliphatic carbocycles. The van der Waals surface area contributed by atoms with Gasteiger partial charge in [0, 0.05) is 19.0 Å². The molecule has 0 heterocycles. The molecule has 0 unspecified atom stereocenters. The van der Waals surface area contributed by atoms with Gasteiger partial charge >= 0.3 is 0 Å². The molecule has 0 aromatic heterocycles. The summed E-state index contributed by atoms with van der Waals surface area (Å²) in [5, 5.41) is 17.4. The zero-order valence-corrected chi connectivity index (χ0v) is 25.8. The lowest BCUT2D eigenvalue weighted by atomic mass is 9.82. The van der Waals surface area contributed by atoms with E-state index in [2.05, 4.69) is 30.0 Å². The van der Waals surface area contributed by atoms with E-state index in [9.17, 15) is 14.7 Å². The van der Waals surface area contributed by atoms with E-state index >= 15 is 0 Å². The third-order valence-corrected chi connectivity index (χ3v) is 7.63. The third-order valence-electron chi connectivity index (χ3n) is 7.63. The van der Waals surface area contributed by atoms with Gasteiger partial charge in [0.2, 0.25) is 11.8 Å². The van der Waals surface area contributed by atoms with Crippen LogP contribution < -0.4 is 16.1 Å². The minimum atomic E-state index is -0.654. The number of benzene rings is 1. The summed E-state index contributed by atoms with van der Waals surface area (Å²) in [7, 11) is 0. The number of hydrogen-bond acceptors (Lipinski definition) is 5. The summed E-state index contributed by atoms with van der Waals surface area (Å²) in [4.78, 5) is 31.2. The van der Waals surface area contributed by atoms with Gasteiger partial charge in [-0.25, -0.2) is 0 Å². The molecule has 0 bridgehead atoms. The molecule has 1 aromatic carbocycles. The zero-order chi connectivity index (χ0) is 29.4. The van der Waals surface area contributed by atoms with E-state index in [0.717, 1.165) is 37.7 Å². The Bertz CT molecular complexity index is 834. The Morgan fingerprint density at radius 3 is 2.23 bits per heavy atom. The summed E-state index contributed by atoms with van der Waals surface area (Å²) in [5.41, 5.74) is 3.84. The number of carbonyl (C=O) groups excluding carboxylic acids is 2. The minimum Gasteiger partial charge on any atom is -0.391 e. The van der Waals surface area contributed by atoms with E-state index in [1.54, 1.807) is 0 Å². The number of unbranched alkanes of at least 4 members (excludes halogenated alkanes) is 2. The van der Waals surface area contributed by atoms with Crippen LogP contribution >= 0.6 is 0 Å². The second-order valence-corrected chi connectivity index (χ2v) is 13.2. The number of hydroxylamine groups is 1. The van der Waals surface area contributed by atoms with E-state index in [1.165, 1.54) is 32.1 Å². The quantitative estimate of drug-likeness (QED) is 0.137. The highest BCUT2D eigenvalue weighted by atomic mass is 16.7. The van der Waals surface area contributed by atoms with Gasteiger partial charge in [-0.1, -0.05) is 76.3 Å². The van der Waals surface area contributed by atoms with Crippen molar-refractivity contribution in [2.45, 2.75) is 129 Å². The van der Waals surface area contributed by atoms with Gasteiger partial charge in [0.05, 0.1) is 24.2 Å². The highest BCUT2D eigenvalue weighted by molar-refractivity contribution is 5.79. The molecule has 7 heteroatoms. The lowest BCUT2D eigenvalue weighted by Crippen LogP contribution is -2.46. The first kappa shape index (κ1) is 34.2. The average Bonchev–Trinajstić information content (AvgIpc) is 2.90. The normalized spacial score (nSPS) is 16.9. The van der Waals surface area contributed by atoms with Crippen LogP contribution in [0.5, 0.6) is 0 Å². The molecule has 0 saturated heterocycles. The van der Waals surface area contributed by atoms with Gasteiger partial charge in [0.1, 0.15) is 0 Å². The predicted molar refractivity (Wildman–Crippen MR) is 163 cm³/mol.